The van der Waals surface area contributed by atoms with Crippen LogP contribution in [0.3, 0.4) is 0 Å². The minimum atomic E-state index is 0.227. The highest BCUT2D eigenvalue weighted by Crippen LogP contribution is 2.37. The summed E-state index contributed by atoms with van der Waals surface area (Å²) in [5.41, 5.74) is 7.98. The van der Waals surface area contributed by atoms with Crippen molar-refractivity contribution in [3.8, 4) is 34.4 Å². The highest BCUT2D eigenvalue weighted by atomic mass is 35.5. The molecule has 1 N–H and O–H groups in total. The average Bonchev–Trinajstić information content (AvgIpc) is 3.18. The molecule has 0 spiro atoms. The Bertz CT molecular complexity index is 1850. The molecule has 2 saturated heterocycles. The number of nitriles is 1. The monoisotopic (exact) mass is 737 g/mol. The van der Waals surface area contributed by atoms with E-state index in [1.807, 2.05) is 12.1 Å². The molecule has 0 saturated carbocycles. The van der Waals surface area contributed by atoms with Gasteiger partial charge in [-0.3, -0.25) is 14.8 Å². The molecule has 2 fully saturated rings. The molecule has 0 radical (unpaired) electrons. The van der Waals surface area contributed by atoms with Gasteiger partial charge in [-0.25, -0.2) is 0 Å². The number of nitrogens with zero attached hydrogens (tertiary/aromatic N) is 5. The zero-order valence-corrected chi connectivity index (χ0v) is 31.9. The largest absolute Gasteiger partial charge is 0.493 e. The van der Waals surface area contributed by atoms with Crippen molar-refractivity contribution in [1.29, 1.82) is 5.26 Å². The molecule has 9 nitrogen and oxygen atoms in total. The fourth-order valence-electron chi connectivity index (χ4n) is 7.29. The molecule has 0 amide bonds. The summed E-state index contributed by atoms with van der Waals surface area (Å²) < 4.78 is 19.1. The van der Waals surface area contributed by atoms with Crippen LogP contribution in [0.1, 0.15) is 59.1 Å². The Morgan fingerprint density at radius 3 is 2.21 bits per heavy atom. The van der Waals surface area contributed by atoms with Gasteiger partial charge in [0.1, 0.15) is 36.5 Å². The quantitative estimate of drug-likeness (QED) is 0.118. The van der Waals surface area contributed by atoms with Crippen LogP contribution in [0.15, 0.2) is 67.0 Å². The minimum absolute atomic E-state index is 0.227. The van der Waals surface area contributed by atoms with Crippen LogP contribution in [0.2, 0.25) is 5.02 Å². The molecule has 0 aliphatic carbocycles. The summed E-state index contributed by atoms with van der Waals surface area (Å²) in [5.74, 6) is 2.20. The van der Waals surface area contributed by atoms with E-state index in [0.717, 1.165) is 116 Å². The Labute approximate surface area is 319 Å². The maximum absolute atomic E-state index is 9.34. The number of aliphatic hydroxyl groups is 1. The van der Waals surface area contributed by atoms with Gasteiger partial charge in [-0.1, -0.05) is 48.4 Å². The lowest BCUT2D eigenvalue weighted by molar-refractivity contribution is 0.108. The number of hydrogen-bond acceptors (Lipinski definition) is 9. The Hall–Kier alpha value is -4.17. The van der Waals surface area contributed by atoms with Crippen molar-refractivity contribution in [3.05, 3.63) is 105 Å². The standard InChI is InChI=1S/C43H52ClN5O4/c1-32-36(9-6-10-38(32)39-11-7-12-41(33(39)2)51-22-8-15-47-16-18-48(19-17-47)20-21-50)31-53-43-25-42(52-30-35-23-34(26-45)27-46-28-35)37(24-40(43)44)29-49-13-4-3-5-14-49/h6-7,9-12,23-25,27-28,50H,3-5,8,13-22,29-31H2,1-2H3. The van der Waals surface area contributed by atoms with Crippen LogP contribution in [-0.2, 0) is 19.8 Å². The lowest BCUT2D eigenvalue weighted by atomic mass is 9.93. The second-order valence-corrected chi connectivity index (χ2v) is 14.5. The van der Waals surface area contributed by atoms with Crippen molar-refractivity contribution in [2.75, 3.05) is 65.6 Å². The second kappa shape index (κ2) is 19.2. The predicted octanol–water partition coefficient (Wildman–Crippen LogP) is 7.41. The number of aliphatic hydroxyl groups excluding tert-OH is 1. The second-order valence-electron chi connectivity index (χ2n) is 14.1. The van der Waals surface area contributed by atoms with Crippen molar-refractivity contribution < 1.29 is 19.3 Å². The topological polar surface area (TPSA) is 94.3 Å². The highest BCUT2D eigenvalue weighted by Gasteiger charge is 2.19. The normalized spacial score (nSPS) is 15.6. The first-order valence-corrected chi connectivity index (χ1v) is 19.3. The minimum Gasteiger partial charge on any atom is -0.493 e. The summed E-state index contributed by atoms with van der Waals surface area (Å²) in [6.07, 6.45) is 7.90. The Kier molecular flexibility index (Phi) is 14.0. The van der Waals surface area contributed by atoms with Crippen LogP contribution in [0, 0.1) is 25.2 Å². The van der Waals surface area contributed by atoms with Gasteiger partial charge in [0.2, 0.25) is 0 Å². The number of likely N-dealkylation sites (tertiary alicyclic amines) is 1. The van der Waals surface area contributed by atoms with E-state index >= 15 is 0 Å². The van der Waals surface area contributed by atoms with Gasteiger partial charge in [0.05, 0.1) is 23.8 Å². The van der Waals surface area contributed by atoms with Gasteiger partial charge >= 0.3 is 0 Å². The smallest absolute Gasteiger partial charge is 0.142 e. The van der Waals surface area contributed by atoms with E-state index < -0.39 is 0 Å². The molecule has 1 aromatic heterocycles. The van der Waals surface area contributed by atoms with Crippen molar-refractivity contribution in [2.24, 2.45) is 0 Å². The molecular weight excluding hydrogens is 686 g/mol. The molecule has 2 aliphatic rings. The Morgan fingerprint density at radius 1 is 0.736 bits per heavy atom. The number of benzene rings is 3. The van der Waals surface area contributed by atoms with E-state index in [1.54, 1.807) is 18.5 Å². The van der Waals surface area contributed by atoms with E-state index in [0.29, 0.717) is 29.5 Å². The van der Waals surface area contributed by atoms with Gasteiger partial charge in [0, 0.05) is 75.4 Å². The summed E-state index contributed by atoms with van der Waals surface area (Å²) in [4.78, 5) is 11.4. The molecule has 6 rings (SSSR count). The van der Waals surface area contributed by atoms with E-state index in [9.17, 15) is 10.4 Å². The van der Waals surface area contributed by atoms with Gasteiger partial charge in [-0.05, 0) is 92.2 Å². The van der Waals surface area contributed by atoms with Crippen LogP contribution in [-0.4, -0.2) is 90.4 Å². The number of halogens is 1. The lowest BCUT2D eigenvalue weighted by Crippen LogP contribution is -2.47. The van der Waals surface area contributed by atoms with Crippen LogP contribution >= 0.6 is 11.6 Å². The number of hydrogen-bond donors (Lipinski definition) is 1. The first-order chi connectivity index (χ1) is 25.9. The fraction of sp³-hybridized carbons (Fsp3) is 0.442. The number of aromatic nitrogens is 1. The molecule has 0 bridgehead atoms. The first kappa shape index (κ1) is 38.6. The molecule has 3 heterocycles. The third-order valence-corrected chi connectivity index (χ3v) is 10.7. The zero-order valence-electron chi connectivity index (χ0n) is 31.2. The van der Waals surface area contributed by atoms with Crippen LogP contribution in [0.4, 0.5) is 0 Å². The number of pyridine rings is 1. The van der Waals surface area contributed by atoms with Crippen molar-refractivity contribution >= 4 is 11.6 Å². The van der Waals surface area contributed by atoms with Gasteiger partial charge in [-0.2, -0.15) is 5.26 Å². The predicted molar refractivity (Wildman–Crippen MR) is 210 cm³/mol. The van der Waals surface area contributed by atoms with Crippen molar-refractivity contribution in [2.45, 2.75) is 59.3 Å². The van der Waals surface area contributed by atoms with E-state index in [2.05, 4.69) is 76.0 Å². The SMILES string of the molecule is Cc1c(COc2cc(OCc3cncc(C#N)c3)c(CN3CCCCC3)cc2Cl)cccc1-c1cccc(OCCCN2CCN(CCO)CC2)c1C. The molecule has 0 unspecified atom stereocenters. The van der Waals surface area contributed by atoms with E-state index in [4.69, 9.17) is 25.8 Å². The van der Waals surface area contributed by atoms with Gasteiger partial charge in [0.25, 0.3) is 0 Å². The van der Waals surface area contributed by atoms with Crippen molar-refractivity contribution in [3.63, 3.8) is 0 Å². The summed E-state index contributed by atoms with van der Waals surface area (Å²) >= 11 is 6.89. The summed E-state index contributed by atoms with van der Waals surface area (Å²) in [5, 5.41) is 19.1. The Balaban J connectivity index is 1.12. The average molecular weight is 738 g/mol. The molecule has 53 heavy (non-hydrogen) atoms. The van der Waals surface area contributed by atoms with Gasteiger partial charge in [-0.15, -0.1) is 0 Å². The molecule has 2 aliphatic heterocycles. The summed E-state index contributed by atoms with van der Waals surface area (Å²) in [6, 6.07) is 20.5. The Morgan fingerprint density at radius 2 is 1.45 bits per heavy atom. The first-order valence-electron chi connectivity index (χ1n) is 18.9. The zero-order chi connectivity index (χ0) is 37.0. The number of piperazine rings is 1. The maximum Gasteiger partial charge on any atom is 0.142 e. The van der Waals surface area contributed by atoms with E-state index in [-0.39, 0.29) is 13.2 Å². The summed E-state index contributed by atoms with van der Waals surface area (Å²) in [7, 11) is 0. The van der Waals surface area contributed by atoms with Crippen molar-refractivity contribution in [1.82, 2.24) is 19.7 Å². The molecular formula is C43H52ClN5O4. The van der Waals surface area contributed by atoms with E-state index in [1.165, 1.54) is 19.3 Å². The number of ether oxygens (including phenoxy) is 3. The highest BCUT2D eigenvalue weighted by molar-refractivity contribution is 6.32. The maximum atomic E-state index is 9.34. The number of piperidine rings is 1. The molecule has 4 aromatic rings. The third-order valence-electron chi connectivity index (χ3n) is 10.4. The van der Waals surface area contributed by atoms with Crippen LogP contribution < -0.4 is 14.2 Å². The number of rotatable bonds is 16. The molecule has 280 valence electrons. The van der Waals surface area contributed by atoms with Crippen LogP contribution in [0.5, 0.6) is 17.2 Å². The number of β-amino-alcohol motifs (C(OH)–C–C–N with tert-alkyl or cyclic N) is 1. The van der Waals surface area contributed by atoms with Gasteiger partial charge < -0.3 is 24.2 Å². The molecule has 10 heteroatoms. The lowest BCUT2D eigenvalue weighted by Gasteiger charge is -2.34. The molecule has 0 atom stereocenters. The van der Waals surface area contributed by atoms with Crippen LogP contribution in [0.25, 0.3) is 11.1 Å². The van der Waals surface area contributed by atoms with Gasteiger partial charge in [0.15, 0.2) is 0 Å². The fourth-order valence-corrected chi connectivity index (χ4v) is 7.53. The molecule has 3 aromatic carbocycles. The third kappa shape index (κ3) is 10.5. The summed E-state index contributed by atoms with van der Waals surface area (Å²) in [6.45, 7) is 14.5.